The number of hydrogen-bond donors (Lipinski definition) is 2. The zero-order chi connectivity index (χ0) is 43.6. The quantitative estimate of drug-likeness (QED) is 0.117. The van der Waals surface area contributed by atoms with E-state index >= 15 is 0 Å². The minimum absolute atomic E-state index is 0.0104. The predicted octanol–water partition coefficient (Wildman–Crippen LogP) is 8.02. The first-order chi connectivity index (χ1) is 27.6. The number of alkyl carbamates (subject to hydrolysis) is 1. The predicted molar refractivity (Wildman–Crippen MR) is 219 cm³/mol. The summed E-state index contributed by atoms with van der Waals surface area (Å²) in [7, 11) is 1.79. The van der Waals surface area contributed by atoms with Crippen LogP contribution in [0.3, 0.4) is 0 Å². The molecule has 2 N–H and O–H groups in total. The van der Waals surface area contributed by atoms with Crippen molar-refractivity contribution in [3.63, 3.8) is 0 Å². The Bertz CT molecular complexity index is 1550. The zero-order valence-electron chi connectivity index (χ0n) is 36.7. The molecule has 1 spiro atoms. The van der Waals surface area contributed by atoms with Gasteiger partial charge in [0.1, 0.15) is 24.0 Å². The molecule has 1 saturated heterocycles. The number of halogens is 3. The molecule has 15 heteroatoms. The van der Waals surface area contributed by atoms with Crippen LogP contribution in [0.5, 0.6) is 0 Å². The molecule has 11 nitrogen and oxygen atoms in total. The van der Waals surface area contributed by atoms with Crippen LogP contribution in [0.2, 0.25) is 0 Å². The van der Waals surface area contributed by atoms with Gasteiger partial charge in [0, 0.05) is 54.2 Å². The molecule has 3 amide bonds. The van der Waals surface area contributed by atoms with Gasteiger partial charge in [-0.05, 0) is 95.8 Å². The smallest absolute Gasteiger partial charge is 0.461 e. The highest BCUT2D eigenvalue weighted by Crippen LogP contribution is 2.86. The number of unbranched alkanes of at least 4 members (excludes halogenated alkanes) is 5. The summed E-state index contributed by atoms with van der Waals surface area (Å²) < 4.78 is 55.7. The highest BCUT2D eigenvalue weighted by Gasteiger charge is 2.85. The second-order valence-corrected chi connectivity index (χ2v) is 21.1. The molecule has 0 aromatic carbocycles. The van der Waals surface area contributed by atoms with Crippen molar-refractivity contribution in [2.75, 3.05) is 39.0 Å². The van der Waals surface area contributed by atoms with Gasteiger partial charge in [-0.3, -0.25) is 19.2 Å². The van der Waals surface area contributed by atoms with Gasteiger partial charge < -0.3 is 29.7 Å². The molecular formula is C44H70F3N3O8S. The van der Waals surface area contributed by atoms with E-state index in [1.807, 2.05) is 5.32 Å². The Balaban J connectivity index is 1.22. The van der Waals surface area contributed by atoms with Crippen LogP contribution in [0.1, 0.15) is 138 Å². The van der Waals surface area contributed by atoms with Crippen LogP contribution in [0, 0.1) is 39.4 Å². The van der Waals surface area contributed by atoms with E-state index in [1.54, 1.807) is 44.5 Å². The summed E-state index contributed by atoms with van der Waals surface area (Å²) in [6, 6.07) is 0. The summed E-state index contributed by atoms with van der Waals surface area (Å²) in [6.45, 7) is 15.1. The van der Waals surface area contributed by atoms with Gasteiger partial charge >= 0.3 is 24.1 Å². The van der Waals surface area contributed by atoms with Crippen LogP contribution in [0.4, 0.5) is 18.0 Å². The van der Waals surface area contributed by atoms with Crippen molar-refractivity contribution in [3.05, 3.63) is 0 Å². The number of Topliss-reactive ketones (excluding diaryl/α,β-unsaturated/α-hetero) is 1. The van der Waals surface area contributed by atoms with E-state index in [2.05, 4.69) is 33.0 Å². The highest BCUT2D eigenvalue weighted by molar-refractivity contribution is 8.00. The number of hydrogen-bond acceptors (Lipinski definition) is 9. The molecule has 4 aliphatic carbocycles. The Morgan fingerprint density at radius 2 is 1.54 bits per heavy atom. The van der Waals surface area contributed by atoms with Crippen molar-refractivity contribution in [2.45, 2.75) is 168 Å². The van der Waals surface area contributed by atoms with Gasteiger partial charge in [-0.1, -0.05) is 59.8 Å². The molecule has 4 saturated carbocycles. The van der Waals surface area contributed by atoms with Gasteiger partial charge in [-0.15, -0.1) is 11.8 Å². The monoisotopic (exact) mass is 857 g/mol. The van der Waals surface area contributed by atoms with Crippen LogP contribution in [-0.4, -0.2) is 103 Å². The average molecular weight is 858 g/mol. The minimum Gasteiger partial charge on any atom is -0.461 e. The molecule has 0 bridgehead atoms. The molecule has 0 radical (unpaired) electrons. The molecule has 336 valence electrons. The van der Waals surface area contributed by atoms with Crippen LogP contribution in [-0.2, 0) is 33.4 Å². The lowest BCUT2D eigenvalue weighted by atomic mass is 9.33. The third-order valence-electron chi connectivity index (χ3n) is 15.4. The largest absolute Gasteiger partial charge is 0.471 e. The Labute approximate surface area is 353 Å². The van der Waals surface area contributed by atoms with Crippen molar-refractivity contribution in [2.24, 2.45) is 39.4 Å². The molecule has 0 unspecified atom stereocenters. The van der Waals surface area contributed by atoms with E-state index in [0.29, 0.717) is 44.7 Å². The van der Waals surface area contributed by atoms with Gasteiger partial charge in [-0.25, -0.2) is 4.79 Å². The van der Waals surface area contributed by atoms with Crippen molar-refractivity contribution >= 4 is 41.4 Å². The van der Waals surface area contributed by atoms with E-state index in [0.717, 1.165) is 64.2 Å². The first kappa shape index (κ1) is 47.5. The van der Waals surface area contributed by atoms with E-state index in [4.69, 9.17) is 14.2 Å². The highest BCUT2D eigenvalue weighted by atomic mass is 32.2. The number of nitrogens with one attached hydrogen (secondary N) is 2. The fourth-order valence-electron chi connectivity index (χ4n) is 12.6. The van der Waals surface area contributed by atoms with Gasteiger partial charge in [0.2, 0.25) is 5.91 Å². The number of alkyl halides is 3. The Kier molecular flexibility index (Phi) is 14.8. The topological polar surface area (TPSA) is 140 Å². The molecule has 0 aromatic rings. The molecular weight excluding hydrogens is 788 g/mol. The summed E-state index contributed by atoms with van der Waals surface area (Å²) in [5, 5.41) is 4.64. The number of carbonyl (C=O) groups excluding carboxylic acids is 5. The number of rotatable bonds is 16. The van der Waals surface area contributed by atoms with Crippen molar-refractivity contribution in [1.29, 1.82) is 0 Å². The second kappa shape index (κ2) is 18.4. The first-order valence-corrected chi connectivity index (χ1v) is 23.1. The summed E-state index contributed by atoms with van der Waals surface area (Å²) >= 11 is 1.56. The molecule has 59 heavy (non-hydrogen) atoms. The van der Waals surface area contributed by atoms with Crippen molar-refractivity contribution in [1.82, 2.24) is 15.5 Å². The fraction of sp³-hybridized carbons (Fsp3) is 0.886. The summed E-state index contributed by atoms with van der Waals surface area (Å²) in [5.74, 6) is -1.42. The number of esters is 1. The van der Waals surface area contributed by atoms with Gasteiger partial charge in [0.05, 0.1) is 11.9 Å². The maximum Gasteiger partial charge on any atom is 0.471 e. The summed E-state index contributed by atoms with van der Waals surface area (Å²) in [5.41, 5.74) is -2.24. The summed E-state index contributed by atoms with van der Waals surface area (Å²) in [6.07, 6.45) is 4.93. The number of ether oxygens (including phenoxy) is 3. The number of methoxy groups -OCH3 is 1. The number of likely N-dealkylation sites (tertiary alicyclic amines) is 1. The third kappa shape index (κ3) is 9.45. The Morgan fingerprint density at radius 3 is 2.17 bits per heavy atom. The first-order valence-electron chi connectivity index (χ1n) is 22.0. The molecule has 0 aromatic heterocycles. The maximum atomic E-state index is 14.9. The molecule has 5 aliphatic rings. The van der Waals surface area contributed by atoms with Gasteiger partial charge in [-0.2, -0.15) is 13.2 Å². The van der Waals surface area contributed by atoms with Gasteiger partial charge in [0.25, 0.3) is 0 Å². The molecule has 1 heterocycles. The number of ketones is 1. The molecule has 9 atom stereocenters. The minimum atomic E-state index is -4.87. The zero-order valence-corrected chi connectivity index (χ0v) is 37.5. The standard InChI is InChI=1S/C44H70F3N3O8S/c1-28-23-30-24-42-19-15-32(56-8)43(30,42)41(28,7)33(25-40(6,36(53)29(42)2)18-13-11-9-10-12-14-20-48-37(54)44(45,46)47)57-35(52)27-59-31-16-21-50(22-17-31)34(51)26-49-38(55)58-39(3,4)5/h28-33H,9-27H2,1-8H3,(H,48,54)(H,49,55)/t28-,29+,30+,32-,33-,40+,41+,42-,43+/m1/s1. The van der Waals surface area contributed by atoms with Crippen LogP contribution < -0.4 is 10.6 Å². The van der Waals surface area contributed by atoms with E-state index in [9.17, 15) is 37.1 Å². The Hall–Kier alpha value is -2.55. The lowest BCUT2D eigenvalue weighted by Gasteiger charge is -2.70. The van der Waals surface area contributed by atoms with Gasteiger partial charge in [0.15, 0.2) is 0 Å². The Morgan fingerprint density at radius 1 is 0.898 bits per heavy atom. The normalized spacial score (nSPS) is 34.5. The number of thioether (sulfide) groups is 1. The second-order valence-electron chi connectivity index (χ2n) is 19.8. The number of amides is 3. The SMILES string of the molecule is CO[C@@H]1CC[C@@]23C[C@@H]4C[C@@H](C)[C@@](C)([C@H](OC(=O)CSC5CCN(C(=O)CNC(=O)OC(C)(C)C)CC5)C[C@](C)(CCCCCCCCNC(=O)C(F)(F)F)C(=O)[C@@H]2C)[C@]413. The van der Waals surface area contributed by atoms with Crippen LogP contribution in [0.25, 0.3) is 0 Å². The fourth-order valence-corrected chi connectivity index (χ4v) is 13.6. The van der Waals surface area contributed by atoms with E-state index < -0.39 is 40.7 Å². The number of piperidine rings is 1. The van der Waals surface area contributed by atoms with Crippen molar-refractivity contribution < 1.29 is 51.4 Å². The van der Waals surface area contributed by atoms with E-state index in [1.165, 1.54) is 0 Å². The molecule has 5 fully saturated rings. The van der Waals surface area contributed by atoms with Crippen LogP contribution in [0.15, 0.2) is 0 Å². The van der Waals surface area contributed by atoms with Crippen LogP contribution >= 0.6 is 11.8 Å². The number of nitrogens with zero attached hydrogens (tertiary/aromatic N) is 1. The lowest BCUT2D eigenvalue weighted by molar-refractivity contribution is -0.272. The summed E-state index contributed by atoms with van der Waals surface area (Å²) in [4.78, 5) is 66.6. The third-order valence-corrected chi connectivity index (χ3v) is 16.7. The lowest BCUT2D eigenvalue weighted by Crippen LogP contribution is -2.72. The average Bonchev–Trinajstić information content (AvgIpc) is 3.52. The maximum absolute atomic E-state index is 14.9. The number of carbonyl (C=O) groups is 5. The van der Waals surface area contributed by atoms with Crippen molar-refractivity contribution in [3.8, 4) is 0 Å². The molecule has 1 aliphatic heterocycles. The van der Waals surface area contributed by atoms with E-state index in [-0.39, 0.29) is 70.5 Å². The molecule has 5 rings (SSSR count).